The van der Waals surface area contributed by atoms with Crippen LogP contribution in [-0.4, -0.2) is 6.61 Å². The molecule has 0 aliphatic heterocycles. The highest BCUT2D eigenvalue weighted by molar-refractivity contribution is 6.31. The topological polar surface area (TPSA) is 9.23 Å². The van der Waals surface area contributed by atoms with Crippen molar-refractivity contribution in [1.82, 2.24) is 0 Å². The van der Waals surface area contributed by atoms with Gasteiger partial charge in [0.2, 0.25) is 0 Å². The van der Waals surface area contributed by atoms with Crippen LogP contribution in [0.25, 0.3) is 0 Å². The summed E-state index contributed by atoms with van der Waals surface area (Å²) in [5.74, 6) is -0.00554. The van der Waals surface area contributed by atoms with E-state index in [-0.39, 0.29) is 5.02 Å². The van der Waals surface area contributed by atoms with Gasteiger partial charge in [0.25, 0.3) is 0 Å². The van der Waals surface area contributed by atoms with E-state index in [0.717, 1.165) is 0 Å². The molecule has 0 saturated heterocycles. The molecule has 0 aliphatic carbocycles. The standard InChI is InChI=1S/C8H7ClFO/c1-2-11-8-4-3-6(10)5-7(8)9/h3-4H,2H2,1H3. The van der Waals surface area contributed by atoms with Crippen molar-refractivity contribution in [3.05, 3.63) is 29.0 Å². The lowest BCUT2D eigenvalue weighted by Crippen LogP contribution is -1.92. The summed E-state index contributed by atoms with van der Waals surface area (Å²) in [4.78, 5) is 0. The smallest absolute Gasteiger partial charge is 0.138 e. The van der Waals surface area contributed by atoms with Gasteiger partial charge in [-0.15, -0.1) is 0 Å². The molecule has 1 aromatic rings. The Morgan fingerprint density at radius 1 is 1.64 bits per heavy atom. The lowest BCUT2D eigenvalue weighted by atomic mass is 10.3. The van der Waals surface area contributed by atoms with Crippen LogP contribution in [0.15, 0.2) is 12.1 Å². The Kier molecular flexibility index (Phi) is 2.71. The van der Waals surface area contributed by atoms with Crippen molar-refractivity contribution in [2.75, 3.05) is 6.61 Å². The fourth-order valence-electron chi connectivity index (χ4n) is 0.697. The van der Waals surface area contributed by atoms with Crippen molar-refractivity contribution in [3.8, 4) is 5.75 Å². The van der Waals surface area contributed by atoms with Gasteiger partial charge in [-0.1, -0.05) is 11.6 Å². The third-order valence-electron chi connectivity index (χ3n) is 1.13. The molecule has 0 aromatic heterocycles. The van der Waals surface area contributed by atoms with Gasteiger partial charge in [0.05, 0.1) is 11.6 Å². The van der Waals surface area contributed by atoms with Crippen LogP contribution in [0, 0.1) is 11.9 Å². The van der Waals surface area contributed by atoms with E-state index in [1.807, 2.05) is 6.92 Å². The Bertz CT molecular complexity index is 250. The van der Waals surface area contributed by atoms with Crippen LogP contribution in [0.2, 0.25) is 5.02 Å². The fourth-order valence-corrected chi connectivity index (χ4v) is 0.905. The summed E-state index contributed by atoms with van der Waals surface area (Å²) in [5, 5.41) is 0.187. The Morgan fingerprint density at radius 2 is 2.36 bits per heavy atom. The van der Waals surface area contributed by atoms with Crippen LogP contribution in [0.5, 0.6) is 5.75 Å². The first-order valence-electron chi connectivity index (χ1n) is 3.24. The Balaban J connectivity index is 2.90. The van der Waals surface area contributed by atoms with Crippen LogP contribution in [0.1, 0.15) is 6.92 Å². The molecule has 0 saturated carbocycles. The van der Waals surface area contributed by atoms with Gasteiger partial charge in [-0.25, -0.2) is 4.39 Å². The first kappa shape index (κ1) is 8.34. The summed E-state index contributed by atoms with van der Waals surface area (Å²) < 4.78 is 17.5. The minimum Gasteiger partial charge on any atom is -0.492 e. The van der Waals surface area contributed by atoms with Crippen molar-refractivity contribution in [2.24, 2.45) is 0 Å². The maximum Gasteiger partial charge on any atom is 0.138 e. The summed E-state index contributed by atoms with van der Waals surface area (Å²) in [6.45, 7) is 2.35. The summed E-state index contributed by atoms with van der Waals surface area (Å²) >= 11 is 5.59. The van der Waals surface area contributed by atoms with E-state index in [1.54, 1.807) is 0 Å². The molecule has 1 radical (unpaired) electrons. The first-order chi connectivity index (χ1) is 5.24. The molecule has 0 fully saturated rings. The molecule has 0 aliphatic rings. The predicted octanol–water partition coefficient (Wildman–Crippen LogP) is 2.68. The summed E-state index contributed by atoms with van der Waals surface area (Å²) in [6, 6.07) is 5.04. The minimum absolute atomic E-state index is 0.187. The summed E-state index contributed by atoms with van der Waals surface area (Å²) in [7, 11) is 0. The Labute approximate surface area is 69.7 Å². The second kappa shape index (κ2) is 3.58. The van der Waals surface area contributed by atoms with Gasteiger partial charge in [0.15, 0.2) is 0 Å². The maximum atomic E-state index is 12.4. The zero-order valence-corrected chi connectivity index (χ0v) is 6.78. The van der Waals surface area contributed by atoms with Crippen molar-refractivity contribution in [2.45, 2.75) is 6.92 Å². The number of hydrogen-bond donors (Lipinski definition) is 0. The minimum atomic E-state index is -0.474. The van der Waals surface area contributed by atoms with Gasteiger partial charge in [0, 0.05) is 6.07 Å². The molecule has 11 heavy (non-hydrogen) atoms. The maximum absolute atomic E-state index is 12.4. The zero-order chi connectivity index (χ0) is 8.27. The van der Waals surface area contributed by atoms with Crippen LogP contribution in [0.3, 0.4) is 0 Å². The fraction of sp³-hybridized carbons (Fsp3) is 0.250. The van der Waals surface area contributed by atoms with Crippen molar-refractivity contribution >= 4 is 11.6 Å². The SMILES string of the molecule is CCOc1ccc(F)[c]c1Cl. The Hall–Kier alpha value is -0.760. The molecule has 59 valence electrons. The van der Waals surface area contributed by atoms with E-state index in [0.29, 0.717) is 12.4 Å². The normalized spacial score (nSPS) is 9.73. The molecule has 1 nitrogen and oxygen atoms in total. The molecule has 1 rings (SSSR count). The first-order valence-corrected chi connectivity index (χ1v) is 3.62. The third kappa shape index (κ3) is 2.09. The van der Waals surface area contributed by atoms with E-state index in [1.165, 1.54) is 12.1 Å². The third-order valence-corrected chi connectivity index (χ3v) is 1.41. The molecule has 0 N–H and O–H groups in total. The van der Waals surface area contributed by atoms with Crippen LogP contribution < -0.4 is 4.74 Å². The largest absolute Gasteiger partial charge is 0.492 e. The molecule has 0 spiro atoms. The van der Waals surface area contributed by atoms with Crippen LogP contribution in [-0.2, 0) is 0 Å². The number of halogens is 2. The predicted molar refractivity (Wildman–Crippen MR) is 41.4 cm³/mol. The summed E-state index contributed by atoms with van der Waals surface area (Å²) in [6.07, 6.45) is 0. The van der Waals surface area contributed by atoms with E-state index < -0.39 is 5.82 Å². The number of rotatable bonds is 2. The molecular formula is C8H7ClFO. The average molecular weight is 174 g/mol. The van der Waals surface area contributed by atoms with Gasteiger partial charge >= 0.3 is 0 Å². The average Bonchev–Trinajstić information content (AvgIpc) is 1.95. The molecule has 0 heterocycles. The van der Waals surface area contributed by atoms with Gasteiger partial charge in [0.1, 0.15) is 11.6 Å². The molecule has 0 bridgehead atoms. The highest BCUT2D eigenvalue weighted by Gasteiger charge is 2.01. The van der Waals surface area contributed by atoms with Crippen molar-refractivity contribution < 1.29 is 9.13 Å². The highest BCUT2D eigenvalue weighted by atomic mass is 35.5. The number of hydrogen-bond acceptors (Lipinski definition) is 1. The number of ether oxygens (including phenoxy) is 1. The molecular weight excluding hydrogens is 167 g/mol. The van der Waals surface area contributed by atoms with Crippen molar-refractivity contribution in [1.29, 1.82) is 0 Å². The van der Waals surface area contributed by atoms with Gasteiger partial charge in [-0.05, 0) is 19.1 Å². The van der Waals surface area contributed by atoms with E-state index >= 15 is 0 Å². The molecule has 0 amide bonds. The monoisotopic (exact) mass is 173 g/mol. The molecule has 0 atom stereocenters. The summed E-state index contributed by atoms with van der Waals surface area (Å²) in [5.41, 5.74) is 0. The Morgan fingerprint density at radius 3 is 2.91 bits per heavy atom. The second-order valence-corrected chi connectivity index (χ2v) is 2.30. The lowest BCUT2D eigenvalue weighted by molar-refractivity contribution is 0.340. The molecule has 0 unspecified atom stereocenters. The van der Waals surface area contributed by atoms with Crippen LogP contribution in [0.4, 0.5) is 4.39 Å². The van der Waals surface area contributed by atoms with Gasteiger partial charge < -0.3 is 4.74 Å². The van der Waals surface area contributed by atoms with Gasteiger partial charge in [-0.3, -0.25) is 0 Å². The molecule has 1 aromatic carbocycles. The van der Waals surface area contributed by atoms with E-state index in [4.69, 9.17) is 16.3 Å². The van der Waals surface area contributed by atoms with E-state index in [9.17, 15) is 4.39 Å². The van der Waals surface area contributed by atoms with Crippen LogP contribution >= 0.6 is 11.6 Å². The second-order valence-electron chi connectivity index (χ2n) is 1.92. The zero-order valence-electron chi connectivity index (χ0n) is 6.03. The number of benzene rings is 1. The highest BCUT2D eigenvalue weighted by Crippen LogP contribution is 2.23. The quantitative estimate of drug-likeness (QED) is 0.668. The van der Waals surface area contributed by atoms with E-state index in [2.05, 4.69) is 6.07 Å². The van der Waals surface area contributed by atoms with Crippen molar-refractivity contribution in [3.63, 3.8) is 0 Å². The molecule has 3 heteroatoms. The lowest BCUT2D eigenvalue weighted by Gasteiger charge is -2.03. The van der Waals surface area contributed by atoms with Gasteiger partial charge in [-0.2, -0.15) is 0 Å².